The maximum atomic E-state index is 11.5. The average Bonchev–Trinajstić information content (AvgIpc) is 2.36. The first-order valence-corrected chi connectivity index (χ1v) is 6.08. The molecule has 0 bridgehead atoms. The normalized spacial score (nSPS) is 12.1. The number of carbonyl (C=O) groups excluding carboxylic acids is 1. The molecule has 0 unspecified atom stereocenters. The maximum Gasteiger partial charge on any atom is 0.222 e. The molecule has 0 saturated carbocycles. The van der Waals surface area contributed by atoms with E-state index in [1.54, 1.807) is 12.4 Å². The summed E-state index contributed by atoms with van der Waals surface area (Å²) in [7, 11) is 0. The molecule has 4 heteroatoms. The lowest BCUT2D eigenvalue weighted by molar-refractivity contribution is -0.122. The second-order valence-corrected chi connectivity index (χ2v) is 4.02. The summed E-state index contributed by atoms with van der Waals surface area (Å²) in [4.78, 5) is 15.6. The number of nitrogens with zero attached hydrogens (tertiary/aromatic N) is 1. The van der Waals surface area contributed by atoms with Gasteiger partial charge in [-0.3, -0.25) is 9.78 Å². The summed E-state index contributed by atoms with van der Waals surface area (Å²) in [5.41, 5.74) is 1.02. The molecule has 4 nitrogen and oxygen atoms in total. The number of carbonyl (C=O) groups is 1. The molecule has 0 aliphatic heterocycles. The fourth-order valence-corrected chi connectivity index (χ4v) is 1.68. The van der Waals surface area contributed by atoms with Crippen molar-refractivity contribution in [3.63, 3.8) is 0 Å². The molecule has 0 radical (unpaired) electrons. The molecule has 1 aromatic rings. The third-order valence-corrected chi connectivity index (χ3v) is 2.61. The van der Waals surface area contributed by atoms with Crippen LogP contribution >= 0.6 is 0 Å². The number of amides is 1. The van der Waals surface area contributed by atoms with Gasteiger partial charge in [-0.05, 0) is 18.1 Å². The molecule has 1 rings (SSSR count). The van der Waals surface area contributed by atoms with E-state index in [4.69, 9.17) is 5.11 Å². The Hall–Kier alpha value is -1.42. The predicted octanol–water partition coefficient (Wildman–Crippen LogP) is 1.81. The standard InChI is InChI=1S/C13H20N2O2/c1-2-3-6-12(15-13(17)7-9-16)11-5-4-8-14-10-11/h4-5,8,10,12,16H,2-3,6-7,9H2,1H3,(H,15,17)/t12-/m1/s1. The third-order valence-electron chi connectivity index (χ3n) is 2.61. The van der Waals surface area contributed by atoms with Crippen LogP contribution in [0.15, 0.2) is 24.5 Å². The van der Waals surface area contributed by atoms with Gasteiger partial charge in [0.1, 0.15) is 0 Å². The predicted molar refractivity (Wildman–Crippen MR) is 66.3 cm³/mol. The van der Waals surface area contributed by atoms with Crippen molar-refractivity contribution in [1.29, 1.82) is 0 Å². The molecule has 0 aromatic carbocycles. The zero-order valence-corrected chi connectivity index (χ0v) is 10.2. The average molecular weight is 236 g/mol. The van der Waals surface area contributed by atoms with Crippen molar-refractivity contribution in [2.24, 2.45) is 0 Å². The molecule has 0 aliphatic carbocycles. The van der Waals surface area contributed by atoms with Crippen LogP contribution in [0.2, 0.25) is 0 Å². The van der Waals surface area contributed by atoms with Crippen molar-refractivity contribution in [2.45, 2.75) is 38.6 Å². The van der Waals surface area contributed by atoms with E-state index < -0.39 is 0 Å². The summed E-state index contributed by atoms with van der Waals surface area (Å²) in [6.07, 6.45) is 6.70. The van der Waals surface area contributed by atoms with Gasteiger partial charge in [0.15, 0.2) is 0 Å². The zero-order chi connectivity index (χ0) is 12.5. The van der Waals surface area contributed by atoms with Crippen LogP contribution < -0.4 is 5.32 Å². The Balaban J connectivity index is 2.63. The monoisotopic (exact) mass is 236 g/mol. The molecule has 1 aromatic heterocycles. The van der Waals surface area contributed by atoms with E-state index in [1.165, 1.54) is 0 Å². The second kappa shape index (κ2) is 7.79. The van der Waals surface area contributed by atoms with Crippen LogP contribution in [0.25, 0.3) is 0 Å². The first-order valence-electron chi connectivity index (χ1n) is 6.08. The van der Waals surface area contributed by atoms with Gasteiger partial charge in [0.05, 0.1) is 12.6 Å². The van der Waals surface area contributed by atoms with E-state index in [1.807, 2.05) is 12.1 Å². The molecule has 0 aliphatic rings. The summed E-state index contributed by atoms with van der Waals surface area (Å²) >= 11 is 0. The Bertz CT molecular complexity index is 327. The zero-order valence-electron chi connectivity index (χ0n) is 10.2. The van der Waals surface area contributed by atoms with Crippen molar-refractivity contribution in [3.05, 3.63) is 30.1 Å². The van der Waals surface area contributed by atoms with Crippen molar-refractivity contribution < 1.29 is 9.90 Å². The van der Waals surface area contributed by atoms with E-state index in [0.717, 1.165) is 24.8 Å². The van der Waals surface area contributed by atoms with Gasteiger partial charge >= 0.3 is 0 Å². The minimum Gasteiger partial charge on any atom is -0.396 e. The van der Waals surface area contributed by atoms with Crippen LogP contribution in [0.3, 0.4) is 0 Å². The van der Waals surface area contributed by atoms with Gasteiger partial charge in [0.2, 0.25) is 5.91 Å². The quantitative estimate of drug-likeness (QED) is 0.759. The van der Waals surface area contributed by atoms with Gasteiger partial charge in [-0.15, -0.1) is 0 Å². The molecular weight excluding hydrogens is 216 g/mol. The number of nitrogens with one attached hydrogen (secondary N) is 1. The minimum absolute atomic E-state index is 0.00250. The number of rotatable bonds is 7. The lowest BCUT2D eigenvalue weighted by Gasteiger charge is -2.18. The number of aromatic nitrogens is 1. The van der Waals surface area contributed by atoms with E-state index in [9.17, 15) is 4.79 Å². The molecule has 0 fully saturated rings. The van der Waals surface area contributed by atoms with Crippen molar-refractivity contribution in [3.8, 4) is 0 Å². The first kappa shape index (κ1) is 13.6. The van der Waals surface area contributed by atoms with Gasteiger partial charge in [0, 0.05) is 18.8 Å². The first-order chi connectivity index (χ1) is 8.27. The summed E-state index contributed by atoms with van der Waals surface area (Å²) in [6.45, 7) is 2.01. The van der Waals surface area contributed by atoms with Crippen molar-refractivity contribution in [2.75, 3.05) is 6.61 Å². The molecule has 1 heterocycles. The number of hydrogen-bond donors (Lipinski definition) is 2. The van der Waals surface area contributed by atoms with Crippen molar-refractivity contribution in [1.82, 2.24) is 10.3 Å². The molecule has 0 saturated heterocycles. The van der Waals surface area contributed by atoms with E-state index in [0.29, 0.717) is 0 Å². The van der Waals surface area contributed by atoms with Crippen LogP contribution in [-0.4, -0.2) is 22.6 Å². The van der Waals surface area contributed by atoms with E-state index in [2.05, 4.69) is 17.2 Å². The topological polar surface area (TPSA) is 62.2 Å². The van der Waals surface area contributed by atoms with Crippen molar-refractivity contribution >= 4 is 5.91 Å². The van der Waals surface area contributed by atoms with Gasteiger partial charge < -0.3 is 10.4 Å². The molecule has 0 spiro atoms. The molecule has 1 atom stereocenters. The smallest absolute Gasteiger partial charge is 0.222 e. The third kappa shape index (κ3) is 4.95. The number of pyridine rings is 1. The summed E-state index contributed by atoms with van der Waals surface area (Å²) in [5, 5.41) is 11.7. The SMILES string of the molecule is CCCC[C@@H](NC(=O)CCO)c1cccnc1. The highest BCUT2D eigenvalue weighted by Gasteiger charge is 2.13. The fourth-order valence-electron chi connectivity index (χ4n) is 1.68. The molecule has 94 valence electrons. The van der Waals surface area contributed by atoms with Gasteiger partial charge in [-0.25, -0.2) is 0 Å². The highest BCUT2D eigenvalue weighted by molar-refractivity contribution is 5.76. The van der Waals surface area contributed by atoms with E-state index in [-0.39, 0.29) is 25.0 Å². The Labute approximate surface area is 102 Å². The Morgan fingerprint density at radius 2 is 2.41 bits per heavy atom. The molecular formula is C13H20N2O2. The van der Waals surface area contributed by atoms with Gasteiger partial charge in [0.25, 0.3) is 0 Å². The second-order valence-electron chi connectivity index (χ2n) is 4.02. The highest BCUT2D eigenvalue weighted by Crippen LogP contribution is 2.18. The van der Waals surface area contributed by atoms with Crippen LogP contribution in [0, 0.1) is 0 Å². The van der Waals surface area contributed by atoms with Crippen LogP contribution in [0.4, 0.5) is 0 Å². The molecule has 17 heavy (non-hydrogen) atoms. The van der Waals surface area contributed by atoms with E-state index >= 15 is 0 Å². The number of aliphatic hydroxyl groups excluding tert-OH is 1. The molecule has 2 N–H and O–H groups in total. The lowest BCUT2D eigenvalue weighted by atomic mass is 10.0. The number of unbranched alkanes of at least 4 members (excludes halogenated alkanes) is 1. The summed E-state index contributed by atoms with van der Waals surface area (Å²) < 4.78 is 0. The van der Waals surface area contributed by atoms with Gasteiger partial charge in [-0.2, -0.15) is 0 Å². The lowest BCUT2D eigenvalue weighted by Crippen LogP contribution is -2.29. The Morgan fingerprint density at radius 3 is 3.00 bits per heavy atom. The number of hydrogen-bond acceptors (Lipinski definition) is 3. The molecule has 1 amide bonds. The van der Waals surface area contributed by atoms with Crippen LogP contribution in [0.5, 0.6) is 0 Å². The highest BCUT2D eigenvalue weighted by atomic mass is 16.3. The summed E-state index contributed by atoms with van der Waals surface area (Å²) in [5.74, 6) is -0.113. The van der Waals surface area contributed by atoms with Crippen LogP contribution in [-0.2, 0) is 4.79 Å². The van der Waals surface area contributed by atoms with Gasteiger partial charge in [-0.1, -0.05) is 25.8 Å². The number of aliphatic hydroxyl groups is 1. The largest absolute Gasteiger partial charge is 0.396 e. The fraction of sp³-hybridized carbons (Fsp3) is 0.538. The van der Waals surface area contributed by atoms with Crippen LogP contribution in [0.1, 0.15) is 44.2 Å². The summed E-state index contributed by atoms with van der Waals surface area (Å²) in [6, 6.07) is 3.83. The Morgan fingerprint density at radius 1 is 1.59 bits per heavy atom. The minimum atomic E-state index is -0.113. The Kier molecular flexibility index (Phi) is 6.25. The maximum absolute atomic E-state index is 11.5.